The zero-order valence-corrected chi connectivity index (χ0v) is 20.7. The Morgan fingerprint density at radius 2 is 1.74 bits per heavy atom. The number of hydrogen-bond acceptors (Lipinski definition) is 6. The number of likely N-dealkylation sites (tertiary alicyclic amines) is 1. The van der Waals surface area contributed by atoms with Gasteiger partial charge in [-0.15, -0.1) is 0 Å². The molecule has 1 saturated heterocycles. The van der Waals surface area contributed by atoms with Gasteiger partial charge >= 0.3 is 0 Å². The van der Waals surface area contributed by atoms with Crippen LogP contribution in [0.25, 0.3) is 5.76 Å². The maximum Gasteiger partial charge on any atom is 0.295 e. The van der Waals surface area contributed by atoms with Crippen molar-refractivity contribution in [1.29, 1.82) is 0 Å². The van der Waals surface area contributed by atoms with E-state index in [9.17, 15) is 19.1 Å². The summed E-state index contributed by atoms with van der Waals surface area (Å²) in [5.74, 6) is -1.25. The Labute approximate surface area is 205 Å². The predicted octanol–water partition coefficient (Wildman–Crippen LogP) is 4.39. The number of methoxy groups -OCH3 is 1. The molecular weight excluding hydrogens is 451 g/mol. The number of carbonyl (C=O) groups is 2. The molecule has 1 aliphatic heterocycles. The minimum absolute atomic E-state index is 0.0366. The van der Waals surface area contributed by atoms with Crippen molar-refractivity contribution < 1.29 is 28.6 Å². The van der Waals surface area contributed by atoms with E-state index in [1.807, 2.05) is 20.8 Å². The van der Waals surface area contributed by atoms with E-state index in [-0.39, 0.29) is 16.9 Å². The van der Waals surface area contributed by atoms with E-state index in [4.69, 9.17) is 9.47 Å². The van der Waals surface area contributed by atoms with Crippen molar-refractivity contribution in [1.82, 2.24) is 9.80 Å². The van der Waals surface area contributed by atoms with Crippen LogP contribution in [0.15, 0.2) is 48.0 Å². The monoisotopic (exact) mass is 484 g/mol. The zero-order chi connectivity index (χ0) is 25.5. The molecule has 1 fully saturated rings. The molecule has 0 saturated carbocycles. The smallest absolute Gasteiger partial charge is 0.295 e. The molecule has 1 amide bonds. The number of nitrogens with zero attached hydrogens (tertiary/aromatic N) is 2. The van der Waals surface area contributed by atoms with Crippen molar-refractivity contribution in [2.24, 2.45) is 0 Å². The molecule has 1 N–H and O–H groups in total. The molecule has 35 heavy (non-hydrogen) atoms. The highest BCUT2D eigenvalue weighted by molar-refractivity contribution is 6.46. The van der Waals surface area contributed by atoms with Gasteiger partial charge in [0.2, 0.25) is 0 Å². The average molecular weight is 485 g/mol. The number of benzene rings is 2. The number of aliphatic hydroxyl groups is 1. The van der Waals surface area contributed by atoms with E-state index in [0.717, 1.165) is 19.5 Å². The van der Waals surface area contributed by atoms with Crippen LogP contribution in [0, 0.1) is 5.82 Å². The van der Waals surface area contributed by atoms with Gasteiger partial charge < -0.3 is 24.4 Å². The van der Waals surface area contributed by atoms with Crippen LogP contribution in [0.5, 0.6) is 11.5 Å². The molecular formula is C27H33FN2O5. The quantitative estimate of drug-likeness (QED) is 0.290. The Morgan fingerprint density at radius 1 is 1.06 bits per heavy atom. The zero-order valence-electron chi connectivity index (χ0n) is 20.7. The maximum absolute atomic E-state index is 13.5. The summed E-state index contributed by atoms with van der Waals surface area (Å²) in [5, 5.41) is 11.1. The summed E-state index contributed by atoms with van der Waals surface area (Å²) in [6.07, 6.45) is 0.827. The first-order valence-corrected chi connectivity index (χ1v) is 11.9. The molecule has 0 aromatic heterocycles. The standard InChI is InChI=1S/C27H33FN2O5/c1-5-16-35-21-13-10-19(17-22(21)34-4)24-23(25(31)18-8-11-20(28)12-9-18)26(32)27(33)30(24)15-14-29(6-2)7-3/h8-13,17,24,31H,5-7,14-16H2,1-4H3/b25-23-. The Kier molecular flexibility index (Phi) is 8.87. The summed E-state index contributed by atoms with van der Waals surface area (Å²) in [6.45, 7) is 9.06. The Bertz CT molecular complexity index is 1080. The molecule has 1 unspecified atom stereocenters. The summed E-state index contributed by atoms with van der Waals surface area (Å²) in [5.41, 5.74) is 0.826. The van der Waals surface area contributed by atoms with Crippen LogP contribution in [0.3, 0.4) is 0 Å². The third-order valence-electron chi connectivity index (χ3n) is 6.17. The number of ether oxygens (including phenoxy) is 2. The second-order valence-corrected chi connectivity index (χ2v) is 8.29. The van der Waals surface area contributed by atoms with Gasteiger partial charge in [-0.2, -0.15) is 0 Å². The minimum Gasteiger partial charge on any atom is -0.507 e. The van der Waals surface area contributed by atoms with E-state index in [1.165, 1.54) is 36.3 Å². The Balaban J connectivity index is 2.12. The molecule has 2 aromatic rings. The fourth-order valence-electron chi connectivity index (χ4n) is 4.19. The maximum atomic E-state index is 13.5. The third kappa shape index (κ3) is 5.65. The Hall–Kier alpha value is -3.39. The number of amides is 1. The first-order chi connectivity index (χ1) is 16.9. The van der Waals surface area contributed by atoms with Gasteiger partial charge in [-0.25, -0.2) is 4.39 Å². The first kappa shape index (κ1) is 26.2. The molecule has 1 atom stereocenters. The number of carbonyl (C=O) groups excluding carboxylic acids is 2. The van der Waals surface area contributed by atoms with E-state index in [2.05, 4.69) is 4.90 Å². The van der Waals surface area contributed by atoms with Crippen molar-refractivity contribution in [2.45, 2.75) is 33.2 Å². The normalized spacial score (nSPS) is 17.3. The molecule has 7 nitrogen and oxygen atoms in total. The molecule has 0 aliphatic carbocycles. The number of aliphatic hydroxyl groups excluding tert-OH is 1. The molecule has 0 bridgehead atoms. The average Bonchev–Trinajstić information content (AvgIpc) is 3.13. The minimum atomic E-state index is -0.829. The fourth-order valence-corrected chi connectivity index (χ4v) is 4.19. The highest BCUT2D eigenvalue weighted by atomic mass is 19.1. The molecule has 8 heteroatoms. The molecule has 2 aromatic carbocycles. The van der Waals surface area contributed by atoms with Crippen LogP contribution in [-0.4, -0.2) is 66.5 Å². The second kappa shape index (κ2) is 11.8. The van der Waals surface area contributed by atoms with Crippen molar-refractivity contribution >= 4 is 17.4 Å². The van der Waals surface area contributed by atoms with Crippen LogP contribution >= 0.6 is 0 Å². The number of Topliss-reactive ketones (excluding diaryl/α,β-unsaturated/α-hetero) is 1. The van der Waals surface area contributed by atoms with Crippen LogP contribution < -0.4 is 9.47 Å². The van der Waals surface area contributed by atoms with Crippen molar-refractivity contribution in [3.05, 3.63) is 65.0 Å². The van der Waals surface area contributed by atoms with E-state index in [0.29, 0.717) is 36.8 Å². The molecule has 0 radical (unpaired) electrons. The van der Waals surface area contributed by atoms with Gasteiger partial charge in [-0.3, -0.25) is 9.59 Å². The van der Waals surface area contributed by atoms with Gasteiger partial charge in [-0.05, 0) is 61.5 Å². The fraction of sp³-hybridized carbons (Fsp3) is 0.407. The van der Waals surface area contributed by atoms with Crippen molar-refractivity contribution in [3.8, 4) is 11.5 Å². The topological polar surface area (TPSA) is 79.3 Å². The number of ketones is 1. The molecule has 3 rings (SSSR count). The van der Waals surface area contributed by atoms with Crippen molar-refractivity contribution in [3.63, 3.8) is 0 Å². The summed E-state index contributed by atoms with van der Waals surface area (Å²) in [4.78, 5) is 29.9. The third-order valence-corrected chi connectivity index (χ3v) is 6.17. The van der Waals surface area contributed by atoms with E-state index < -0.39 is 23.5 Å². The molecule has 1 aliphatic rings. The Morgan fingerprint density at radius 3 is 2.34 bits per heavy atom. The lowest BCUT2D eigenvalue weighted by Gasteiger charge is -2.28. The van der Waals surface area contributed by atoms with Crippen LogP contribution in [0.1, 0.15) is 44.4 Å². The van der Waals surface area contributed by atoms with Crippen LogP contribution in [0.4, 0.5) is 4.39 Å². The van der Waals surface area contributed by atoms with Crippen molar-refractivity contribution in [2.75, 3.05) is 39.9 Å². The predicted molar refractivity (Wildman–Crippen MR) is 132 cm³/mol. The lowest BCUT2D eigenvalue weighted by atomic mass is 9.95. The second-order valence-electron chi connectivity index (χ2n) is 8.29. The van der Waals surface area contributed by atoms with Gasteiger partial charge in [-0.1, -0.05) is 26.8 Å². The highest BCUT2D eigenvalue weighted by Crippen LogP contribution is 2.42. The first-order valence-electron chi connectivity index (χ1n) is 11.9. The summed E-state index contributed by atoms with van der Waals surface area (Å²) >= 11 is 0. The number of halogens is 1. The highest BCUT2D eigenvalue weighted by Gasteiger charge is 2.46. The largest absolute Gasteiger partial charge is 0.507 e. The lowest BCUT2D eigenvalue weighted by Crippen LogP contribution is -2.38. The summed E-state index contributed by atoms with van der Waals surface area (Å²) in [6, 6.07) is 9.57. The molecule has 1 heterocycles. The lowest BCUT2D eigenvalue weighted by molar-refractivity contribution is -0.140. The number of likely N-dealkylation sites (N-methyl/N-ethyl adjacent to an activating group) is 1. The van der Waals surface area contributed by atoms with Gasteiger partial charge in [0, 0.05) is 18.7 Å². The summed E-state index contributed by atoms with van der Waals surface area (Å²) < 4.78 is 24.7. The van der Waals surface area contributed by atoms with Gasteiger partial charge in [0.05, 0.1) is 25.3 Å². The SMILES string of the molecule is CCCOc1ccc(C2/C(=C(/O)c3ccc(F)cc3)C(=O)C(=O)N2CCN(CC)CC)cc1OC. The van der Waals surface area contributed by atoms with Crippen LogP contribution in [0.2, 0.25) is 0 Å². The van der Waals surface area contributed by atoms with Gasteiger partial charge in [0.15, 0.2) is 11.5 Å². The van der Waals surface area contributed by atoms with E-state index in [1.54, 1.807) is 18.2 Å². The summed E-state index contributed by atoms with van der Waals surface area (Å²) in [7, 11) is 1.52. The van der Waals surface area contributed by atoms with Crippen LogP contribution in [-0.2, 0) is 9.59 Å². The number of rotatable bonds is 11. The van der Waals surface area contributed by atoms with Gasteiger partial charge in [0.1, 0.15) is 11.6 Å². The number of hydrogen-bond donors (Lipinski definition) is 1. The van der Waals surface area contributed by atoms with Gasteiger partial charge in [0.25, 0.3) is 11.7 Å². The molecule has 188 valence electrons. The molecule has 0 spiro atoms. The van der Waals surface area contributed by atoms with E-state index >= 15 is 0 Å².